The Bertz CT molecular complexity index is 410. The normalized spacial score (nSPS) is 11.6. The second kappa shape index (κ2) is 8.78. The van der Waals surface area contributed by atoms with E-state index in [4.69, 9.17) is 0 Å². The molecule has 0 aliphatic heterocycles. The molecule has 0 N–H and O–H groups in total. The van der Waals surface area contributed by atoms with Gasteiger partial charge in [-0.25, -0.2) is 9.00 Å². The summed E-state index contributed by atoms with van der Waals surface area (Å²) in [5, 5.41) is 2.75. The predicted octanol–water partition coefficient (Wildman–Crippen LogP) is 2.09. The monoisotopic (exact) mass is 268 g/mol. The standard InChI is InChI=1S/C14H20O3S/c1-14(2,3)10-12-18(16)11-8-6-5-7-9-13(15)17-4/h5-6,8,11H2,1-4H3. The number of methoxy groups -OCH3 is 1. The summed E-state index contributed by atoms with van der Waals surface area (Å²) in [5.74, 6) is 8.05. The maximum absolute atomic E-state index is 11.5. The van der Waals surface area contributed by atoms with E-state index in [2.05, 4.69) is 27.8 Å². The molecule has 0 aromatic heterocycles. The maximum Gasteiger partial charge on any atom is 0.384 e. The number of rotatable bonds is 4. The summed E-state index contributed by atoms with van der Waals surface area (Å²) in [7, 11) is 0.216. The molecule has 0 saturated carbocycles. The van der Waals surface area contributed by atoms with Gasteiger partial charge in [0.2, 0.25) is 0 Å². The lowest BCUT2D eigenvalue weighted by atomic mass is 9.99. The largest absolute Gasteiger partial charge is 0.459 e. The highest BCUT2D eigenvalue weighted by molar-refractivity contribution is 7.89. The lowest BCUT2D eigenvalue weighted by molar-refractivity contribution is -0.133. The number of carbonyl (C=O) groups excluding carboxylic acids is 1. The van der Waals surface area contributed by atoms with E-state index in [0.717, 1.165) is 12.8 Å². The second-order valence-corrected chi connectivity index (χ2v) is 6.08. The van der Waals surface area contributed by atoms with Crippen molar-refractivity contribution in [1.82, 2.24) is 0 Å². The van der Waals surface area contributed by atoms with Crippen LogP contribution in [0.25, 0.3) is 0 Å². The van der Waals surface area contributed by atoms with Crippen LogP contribution in [0.5, 0.6) is 0 Å². The topological polar surface area (TPSA) is 43.4 Å². The molecule has 1 atom stereocenters. The Labute approximate surface area is 112 Å². The first-order chi connectivity index (χ1) is 8.35. The number of hydrogen-bond donors (Lipinski definition) is 0. The number of hydrogen-bond acceptors (Lipinski definition) is 3. The number of esters is 1. The van der Waals surface area contributed by atoms with Crippen LogP contribution in [0.2, 0.25) is 0 Å². The number of carbonyl (C=O) groups is 1. The first-order valence-electron chi connectivity index (χ1n) is 5.83. The third-order valence-corrected chi connectivity index (χ3v) is 2.79. The van der Waals surface area contributed by atoms with Gasteiger partial charge in [0.15, 0.2) is 0 Å². The summed E-state index contributed by atoms with van der Waals surface area (Å²) in [5.41, 5.74) is -0.109. The van der Waals surface area contributed by atoms with Crippen LogP contribution >= 0.6 is 0 Å². The van der Waals surface area contributed by atoms with Crippen LogP contribution < -0.4 is 0 Å². The molecule has 0 aliphatic carbocycles. The zero-order valence-corrected chi connectivity index (χ0v) is 12.3. The fraction of sp³-hybridized carbons (Fsp3) is 0.643. The fourth-order valence-electron chi connectivity index (χ4n) is 0.893. The van der Waals surface area contributed by atoms with Gasteiger partial charge in [-0.15, -0.1) is 0 Å². The van der Waals surface area contributed by atoms with Gasteiger partial charge in [0.25, 0.3) is 0 Å². The molecule has 0 amide bonds. The molecule has 1 unspecified atom stereocenters. The lowest BCUT2D eigenvalue weighted by Crippen LogP contribution is -2.01. The van der Waals surface area contributed by atoms with Gasteiger partial charge in [-0.05, 0) is 38.9 Å². The molecular weight excluding hydrogens is 248 g/mol. The molecule has 0 aromatic carbocycles. The maximum atomic E-state index is 11.5. The van der Waals surface area contributed by atoms with E-state index in [9.17, 15) is 9.00 Å². The van der Waals surface area contributed by atoms with E-state index in [1.165, 1.54) is 7.11 Å². The van der Waals surface area contributed by atoms with Crippen molar-refractivity contribution < 1.29 is 13.7 Å². The summed E-state index contributed by atoms with van der Waals surface area (Å²) in [6.45, 7) is 5.96. The van der Waals surface area contributed by atoms with Crippen LogP contribution in [-0.4, -0.2) is 23.0 Å². The second-order valence-electron chi connectivity index (χ2n) is 4.78. The molecule has 4 heteroatoms. The lowest BCUT2D eigenvalue weighted by Gasteiger charge is -2.06. The van der Waals surface area contributed by atoms with Crippen molar-refractivity contribution >= 4 is 16.8 Å². The Balaban J connectivity index is 3.78. The van der Waals surface area contributed by atoms with Crippen molar-refractivity contribution in [3.8, 4) is 23.0 Å². The van der Waals surface area contributed by atoms with E-state index in [-0.39, 0.29) is 5.41 Å². The molecule has 0 fully saturated rings. The minimum Gasteiger partial charge on any atom is -0.459 e. The molecule has 0 saturated heterocycles. The molecule has 3 nitrogen and oxygen atoms in total. The van der Waals surface area contributed by atoms with Gasteiger partial charge in [-0.1, -0.05) is 11.8 Å². The summed E-state index contributed by atoms with van der Waals surface area (Å²) >= 11 is 0. The minimum atomic E-state index is -1.08. The van der Waals surface area contributed by atoms with Crippen LogP contribution in [0.3, 0.4) is 0 Å². The quantitative estimate of drug-likeness (QED) is 0.339. The molecule has 0 aromatic rings. The van der Waals surface area contributed by atoms with Crippen LogP contribution in [0.4, 0.5) is 0 Å². The Hall–Kier alpha value is -1.26. The molecule has 18 heavy (non-hydrogen) atoms. The summed E-state index contributed by atoms with van der Waals surface area (Å²) in [6, 6.07) is 0. The average molecular weight is 268 g/mol. The summed E-state index contributed by atoms with van der Waals surface area (Å²) in [6.07, 6.45) is 2.22. The molecule has 0 radical (unpaired) electrons. The number of ether oxygens (including phenoxy) is 1. The molecular formula is C14H20O3S. The summed E-state index contributed by atoms with van der Waals surface area (Å²) < 4.78 is 15.9. The highest BCUT2D eigenvalue weighted by Gasteiger charge is 2.04. The van der Waals surface area contributed by atoms with E-state index in [1.807, 2.05) is 20.8 Å². The van der Waals surface area contributed by atoms with Crippen molar-refractivity contribution in [2.45, 2.75) is 40.0 Å². The zero-order chi connectivity index (χ0) is 14.0. The first-order valence-corrected chi connectivity index (χ1v) is 7.15. The minimum absolute atomic E-state index is 0.109. The van der Waals surface area contributed by atoms with Gasteiger partial charge in [0.05, 0.1) is 17.9 Å². The van der Waals surface area contributed by atoms with Gasteiger partial charge < -0.3 is 4.74 Å². The van der Waals surface area contributed by atoms with E-state index in [0.29, 0.717) is 12.2 Å². The van der Waals surface area contributed by atoms with Gasteiger partial charge in [0.1, 0.15) is 0 Å². The summed E-state index contributed by atoms with van der Waals surface area (Å²) in [4.78, 5) is 10.7. The predicted molar refractivity (Wildman–Crippen MR) is 73.9 cm³/mol. The first kappa shape index (κ1) is 16.7. The highest BCUT2D eigenvalue weighted by Crippen LogP contribution is 2.10. The number of unbranched alkanes of at least 4 members (excludes halogenated alkanes) is 2. The van der Waals surface area contributed by atoms with Crippen molar-refractivity contribution in [2.24, 2.45) is 5.41 Å². The van der Waals surface area contributed by atoms with Crippen LogP contribution in [-0.2, 0) is 20.3 Å². The van der Waals surface area contributed by atoms with Crippen LogP contribution in [0.15, 0.2) is 0 Å². The Morgan fingerprint density at radius 3 is 2.50 bits per heavy atom. The van der Waals surface area contributed by atoms with Crippen molar-refractivity contribution in [3.63, 3.8) is 0 Å². The molecule has 0 heterocycles. The third kappa shape index (κ3) is 11.2. The third-order valence-electron chi connectivity index (χ3n) is 1.80. The Kier molecular flexibility index (Phi) is 8.16. The van der Waals surface area contributed by atoms with E-state index in [1.54, 1.807) is 0 Å². The molecule has 0 rings (SSSR count). The smallest absolute Gasteiger partial charge is 0.384 e. The van der Waals surface area contributed by atoms with Gasteiger partial charge in [0, 0.05) is 23.5 Å². The Morgan fingerprint density at radius 1 is 1.28 bits per heavy atom. The zero-order valence-electron chi connectivity index (χ0n) is 11.5. The van der Waals surface area contributed by atoms with E-state index < -0.39 is 16.8 Å². The van der Waals surface area contributed by atoms with Crippen molar-refractivity contribution in [2.75, 3.05) is 12.9 Å². The Morgan fingerprint density at radius 2 is 1.94 bits per heavy atom. The van der Waals surface area contributed by atoms with Crippen molar-refractivity contribution in [1.29, 1.82) is 0 Å². The highest BCUT2D eigenvalue weighted by atomic mass is 32.2. The SMILES string of the molecule is COC(=O)C#CCCCCS(=O)C#CC(C)(C)C. The fourth-order valence-corrected chi connectivity index (χ4v) is 1.88. The molecule has 0 aliphatic rings. The van der Waals surface area contributed by atoms with Gasteiger partial charge in [-0.3, -0.25) is 0 Å². The van der Waals surface area contributed by atoms with Crippen molar-refractivity contribution in [3.05, 3.63) is 0 Å². The van der Waals surface area contributed by atoms with Gasteiger partial charge >= 0.3 is 5.97 Å². The van der Waals surface area contributed by atoms with Crippen LogP contribution in [0, 0.1) is 28.4 Å². The molecule has 0 spiro atoms. The van der Waals surface area contributed by atoms with E-state index >= 15 is 0 Å². The van der Waals surface area contributed by atoms with Gasteiger partial charge in [-0.2, -0.15) is 0 Å². The van der Waals surface area contributed by atoms with Crippen LogP contribution in [0.1, 0.15) is 40.0 Å². The average Bonchev–Trinajstić information content (AvgIpc) is 2.29. The molecule has 100 valence electrons. The molecule has 0 bridgehead atoms.